The standard InChI is InChI=1S/C17H22ClFN4O/c1-20-17(23(3)11-13-8-12(18)10-22(13)2)21-9-16(24)14-6-4-5-7-15(14)19/h4-8,10,16,24H,9,11H2,1-3H3,(H,20,21). The van der Waals surface area contributed by atoms with Crippen LogP contribution in [0.3, 0.4) is 0 Å². The minimum absolute atomic E-state index is 0.159. The molecule has 24 heavy (non-hydrogen) atoms. The number of aliphatic imine (C=N–C) groups is 1. The number of hydrogen-bond donors (Lipinski definition) is 2. The lowest BCUT2D eigenvalue weighted by atomic mass is 10.1. The van der Waals surface area contributed by atoms with Crippen molar-refractivity contribution in [2.75, 3.05) is 20.6 Å². The first-order valence-electron chi connectivity index (χ1n) is 7.57. The maximum absolute atomic E-state index is 13.7. The highest BCUT2D eigenvalue weighted by Crippen LogP contribution is 2.16. The van der Waals surface area contributed by atoms with Gasteiger partial charge in [0.05, 0.1) is 17.7 Å². The zero-order valence-electron chi connectivity index (χ0n) is 14.0. The lowest BCUT2D eigenvalue weighted by molar-refractivity contribution is 0.175. The molecule has 0 spiro atoms. The molecule has 2 rings (SSSR count). The maximum atomic E-state index is 13.7. The Morgan fingerprint density at radius 3 is 2.75 bits per heavy atom. The van der Waals surface area contributed by atoms with Crippen LogP contribution in [-0.4, -0.2) is 41.2 Å². The number of benzene rings is 1. The maximum Gasteiger partial charge on any atom is 0.193 e. The third-order valence-corrected chi connectivity index (χ3v) is 3.97. The van der Waals surface area contributed by atoms with Crippen LogP contribution in [0, 0.1) is 5.82 Å². The van der Waals surface area contributed by atoms with Crippen LogP contribution in [0.4, 0.5) is 4.39 Å². The molecule has 0 fully saturated rings. The lowest BCUT2D eigenvalue weighted by Crippen LogP contribution is -2.40. The van der Waals surface area contributed by atoms with E-state index in [9.17, 15) is 9.50 Å². The Hall–Kier alpha value is -2.05. The molecule has 7 heteroatoms. The SMILES string of the molecule is CN=C(NCC(O)c1ccccc1F)N(C)Cc1cc(Cl)cn1C. The van der Waals surface area contributed by atoms with Gasteiger partial charge in [0.25, 0.3) is 0 Å². The summed E-state index contributed by atoms with van der Waals surface area (Å²) in [5.41, 5.74) is 1.29. The van der Waals surface area contributed by atoms with E-state index in [1.54, 1.807) is 25.2 Å². The smallest absolute Gasteiger partial charge is 0.193 e. The van der Waals surface area contributed by atoms with Crippen LogP contribution in [0.5, 0.6) is 0 Å². The molecule has 1 heterocycles. The number of aliphatic hydroxyl groups is 1. The van der Waals surface area contributed by atoms with Crippen molar-refractivity contribution < 1.29 is 9.50 Å². The van der Waals surface area contributed by atoms with E-state index in [0.717, 1.165) is 5.69 Å². The van der Waals surface area contributed by atoms with Gasteiger partial charge in [-0.1, -0.05) is 29.8 Å². The van der Waals surface area contributed by atoms with Crippen molar-refractivity contribution in [3.05, 3.63) is 58.6 Å². The molecular weight excluding hydrogens is 331 g/mol. The molecule has 1 aromatic heterocycles. The van der Waals surface area contributed by atoms with E-state index >= 15 is 0 Å². The second kappa shape index (κ2) is 8.17. The Morgan fingerprint density at radius 2 is 2.17 bits per heavy atom. The molecule has 2 aromatic rings. The van der Waals surface area contributed by atoms with Gasteiger partial charge in [-0.05, 0) is 12.1 Å². The van der Waals surface area contributed by atoms with Crippen LogP contribution in [-0.2, 0) is 13.6 Å². The van der Waals surface area contributed by atoms with E-state index in [-0.39, 0.29) is 12.1 Å². The summed E-state index contributed by atoms with van der Waals surface area (Å²) in [6.45, 7) is 0.754. The van der Waals surface area contributed by atoms with Crippen molar-refractivity contribution in [3.8, 4) is 0 Å². The molecule has 0 saturated heterocycles. The Labute approximate surface area is 146 Å². The van der Waals surface area contributed by atoms with Gasteiger partial charge in [0.1, 0.15) is 5.82 Å². The number of aromatic nitrogens is 1. The molecule has 5 nitrogen and oxygen atoms in total. The van der Waals surface area contributed by atoms with Crippen molar-refractivity contribution in [1.82, 2.24) is 14.8 Å². The molecule has 0 bridgehead atoms. The highest BCUT2D eigenvalue weighted by atomic mass is 35.5. The highest BCUT2D eigenvalue weighted by Gasteiger charge is 2.15. The lowest BCUT2D eigenvalue weighted by Gasteiger charge is -2.23. The van der Waals surface area contributed by atoms with Crippen molar-refractivity contribution in [2.24, 2.45) is 12.0 Å². The minimum Gasteiger partial charge on any atom is -0.386 e. The molecule has 0 aliphatic heterocycles. The largest absolute Gasteiger partial charge is 0.386 e. The number of nitrogens with one attached hydrogen (secondary N) is 1. The number of aliphatic hydroxyl groups excluding tert-OH is 1. The quantitative estimate of drug-likeness (QED) is 0.642. The van der Waals surface area contributed by atoms with Gasteiger partial charge in [-0.2, -0.15) is 0 Å². The Bertz CT molecular complexity index is 716. The summed E-state index contributed by atoms with van der Waals surface area (Å²) in [7, 11) is 5.46. The van der Waals surface area contributed by atoms with E-state index in [1.807, 2.05) is 35.8 Å². The first kappa shape index (κ1) is 18.3. The van der Waals surface area contributed by atoms with Crippen molar-refractivity contribution in [2.45, 2.75) is 12.6 Å². The zero-order valence-corrected chi connectivity index (χ0v) is 14.8. The number of guanidine groups is 1. The number of nitrogens with zero attached hydrogens (tertiary/aromatic N) is 3. The summed E-state index contributed by atoms with van der Waals surface area (Å²) >= 11 is 5.99. The normalized spacial score (nSPS) is 13.0. The fourth-order valence-electron chi connectivity index (χ4n) is 2.47. The van der Waals surface area contributed by atoms with Crippen molar-refractivity contribution in [3.63, 3.8) is 0 Å². The minimum atomic E-state index is -0.958. The number of rotatable bonds is 5. The summed E-state index contributed by atoms with van der Waals surface area (Å²) in [5, 5.41) is 13.9. The molecule has 0 aliphatic carbocycles. The fourth-order valence-corrected chi connectivity index (χ4v) is 2.74. The van der Waals surface area contributed by atoms with Crippen LogP contribution in [0.15, 0.2) is 41.5 Å². The molecule has 2 N–H and O–H groups in total. The molecule has 1 atom stereocenters. The molecule has 0 aliphatic rings. The van der Waals surface area contributed by atoms with Gasteiger partial charge in [0.15, 0.2) is 5.96 Å². The van der Waals surface area contributed by atoms with Gasteiger partial charge in [-0.15, -0.1) is 0 Å². The summed E-state index contributed by atoms with van der Waals surface area (Å²) in [5.74, 6) is 0.177. The molecule has 130 valence electrons. The average Bonchev–Trinajstić information content (AvgIpc) is 2.85. The van der Waals surface area contributed by atoms with Crippen LogP contribution < -0.4 is 5.32 Å². The van der Waals surface area contributed by atoms with Gasteiger partial charge >= 0.3 is 0 Å². The van der Waals surface area contributed by atoms with Gasteiger partial charge in [0, 0.05) is 45.1 Å². The first-order valence-corrected chi connectivity index (χ1v) is 7.95. The summed E-state index contributed by atoms with van der Waals surface area (Å²) in [6, 6.07) is 8.08. The van der Waals surface area contributed by atoms with E-state index < -0.39 is 11.9 Å². The Balaban J connectivity index is 1.97. The van der Waals surface area contributed by atoms with Gasteiger partial charge in [-0.25, -0.2) is 4.39 Å². The zero-order chi connectivity index (χ0) is 17.7. The highest BCUT2D eigenvalue weighted by molar-refractivity contribution is 6.30. The average molecular weight is 353 g/mol. The fraction of sp³-hybridized carbons (Fsp3) is 0.353. The predicted molar refractivity (Wildman–Crippen MR) is 94.6 cm³/mol. The molecule has 0 radical (unpaired) electrons. The van der Waals surface area contributed by atoms with Crippen molar-refractivity contribution >= 4 is 17.6 Å². The summed E-state index contributed by atoms with van der Waals surface area (Å²) in [6.07, 6.45) is 0.879. The van der Waals surface area contributed by atoms with Crippen molar-refractivity contribution in [1.29, 1.82) is 0 Å². The summed E-state index contributed by atoms with van der Waals surface area (Å²) < 4.78 is 15.6. The van der Waals surface area contributed by atoms with Gasteiger partial charge in [0.2, 0.25) is 0 Å². The number of hydrogen-bond acceptors (Lipinski definition) is 2. The van der Waals surface area contributed by atoms with E-state index in [2.05, 4.69) is 10.3 Å². The first-order chi connectivity index (χ1) is 11.4. The molecule has 0 saturated carbocycles. The number of halogens is 2. The molecule has 1 unspecified atom stereocenters. The second-order valence-corrected chi connectivity index (χ2v) is 6.02. The van der Waals surface area contributed by atoms with E-state index in [1.165, 1.54) is 6.07 Å². The Kier molecular flexibility index (Phi) is 6.23. The van der Waals surface area contributed by atoms with Crippen LogP contribution >= 0.6 is 11.6 Å². The molecular formula is C17H22ClFN4O. The molecule has 1 aromatic carbocycles. The monoisotopic (exact) mass is 352 g/mol. The molecule has 0 amide bonds. The van der Waals surface area contributed by atoms with Gasteiger partial charge < -0.3 is 19.9 Å². The third-order valence-electron chi connectivity index (χ3n) is 3.76. The van der Waals surface area contributed by atoms with E-state index in [4.69, 9.17) is 11.6 Å². The predicted octanol–water partition coefficient (Wildman–Crippen LogP) is 2.56. The second-order valence-electron chi connectivity index (χ2n) is 5.58. The number of aryl methyl sites for hydroxylation is 1. The van der Waals surface area contributed by atoms with Crippen LogP contribution in [0.25, 0.3) is 0 Å². The topological polar surface area (TPSA) is 52.8 Å². The summed E-state index contributed by atoms with van der Waals surface area (Å²) in [4.78, 5) is 6.10. The van der Waals surface area contributed by atoms with E-state index in [0.29, 0.717) is 17.5 Å². The Morgan fingerprint density at radius 1 is 1.46 bits per heavy atom. The van der Waals surface area contributed by atoms with Crippen LogP contribution in [0.1, 0.15) is 17.4 Å². The van der Waals surface area contributed by atoms with Gasteiger partial charge in [-0.3, -0.25) is 4.99 Å². The third kappa shape index (κ3) is 4.49. The van der Waals surface area contributed by atoms with Crippen LogP contribution in [0.2, 0.25) is 5.02 Å².